The standard InChI is InChI=1S/C22H24N.2C20H20N.C15H14F2N.C9H7F3N3.2C5H8O2.4Ir/c1-14-3-2-4-17(7-14)21-6-5-18(13-23-21)22-19-9-15-8-16(11-19)12-20(22)10-15;1-20(2,3)13-16-14-21-19(15-9-5-4-6-10-15)18-12-8-7-11-17(16)18;1-20(2,3)14-16-13-19(15-9-5-4-6-10-15)21-18-12-8-7-11-17(16)18;1-3-10(2)11-4-7-15(18-9-11)13-6-5-12(16)8-14(13)17;10-9(11,12)8(14)5-6(13)7-3-1-2-4-15-7;2*1-4(6)3-5(2)7;;;;/h2-3,5-7,13,15-16,19-20,22H,8-12H2,1H3;4-9,11-12,14H,13H2,1-3H3;4-9,11-13H,14H2,1-3H3;4-5,7-10H,3H2,1-2H3;1-5,13-14H;2*3,6H,1-2H3;;;;/q5*-1;;;;;;/b;;;;6-5-,14-8?;;;;;;. The van der Waals surface area contributed by atoms with Gasteiger partial charge in [-0.05, 0) is 205 Å². The van der Waals surface area contributed by atoms with E-state index >= 15 is 0 Å². The number of pyridine rings is 5. The molecule has 11 nitrogen and oxygen atoms in total. The summed E-state index contributed by atoms with van der Waals surface area (Å²) in [7, 11) is 0. The van der Waals surface area contributed by atoms with E-state index in [0.717, 1.165) is 106 Å². The number of aliphatic hydroxyl groups excluding tert-OH is 2. The second-order valence-corrected chi connectivity index (χ2v) is 31.4. The summed E-state index contributed by atoms with van der Waals surface area (Å²) in [6.07, 6.45) is 15.9. The zero-order valence-corrected chi connectivity index (χ0v) is 77.2. The summed E-state index contributed by atoms with van der Waals surface area (Å²) < 4.78 is 62.2. The summed E-state index contributed by atoms with van der Waals surface area (Å²) in [6, 6.07) is 68.7. The Morgan fingerprint density at radius 2 is 1.11 bits per heavy atom. The molecule has 5 aromatic heterocycles. The first-order valence-electron chi connectivity index (χ1n) is 37.8. The van der Waals surface area contributed by atoms with Gasteiger partial charge in [0.2, 0.25) is 0 Å². The molecule has 4 bridgehead atoms. The van der Waals surface area contributed by atoms with Crippen LogP contribution in [0.25, 0.3) is 78.1 Å². The van der Waals surface area contributed by atoms with E-state index in [4.69, 9.17) is 36.3 Å². The van der Waals surface area contributed by atoms with E-state index in [2.05, 4.69) is 194 Å². The van der Waals surface area contributed by atoms with Crippen LogP contribution < -0.4 is 0 Å². The van der Waals surface area contributed by atoms with Gasteiger partial charge in [0.1, 0.15) is 5.71 Å². The maximum atomic E-state index is 13.6. The molecule has 0 spiro atoms. The van der Waals surface area contributed by atoms with Crippen molar-refractivity contribution in [3.63, 3.8) is 0 Å². The average molecular weight is 2280 g/mol. The van der Waals surface area contributed by atoms with Crippen LogP contribution in [0.15, 0.2) is 230 Å². The second-order valence-electron chi connectivity index (χ2n) is 31.4. The predicted molar refractivity (Wildman–Crippen MR) is 443 cm³/mol. The molecule has 116 heavy (non-hydrogen) atoms. The molecule has 11 aromatic rings. The minimum absolute atomic E-state index is 0. The molecular weight excluding hydrogens is 2180 g/mol. The summed E-state index contributed by atoms with van der Waals surface area (Å²) in [5.41, 5.74) is 20.5. The number of para-hydroxylation sites is 1. The summed E-state index contributed by atoms with van der Waals surface area (Å²) in [4.78, 5) is 42.3. The Morgan fingerprint density at radius 1 is 0.569 bits per heavy atom. The number of aromatic nitrogens is 5. The number of aryl methyl sites for hydroxylation is 1. The molecule has 4 aliphatic carbocycles. The Labute approximate surface area is 735 Å². The molecule has 0 aliphatic heterocycles. The first-order valence-corrected chi connectivity index (χ1v) is 37.8. The molecule has 15 rings (SSSR count). The van der Waals surface area contributed by atoms with Crippen molar-refractivity contribution in [3.05, 3.63) is 306 Å². The topological polar surface area (TPSA) is 187 Å². The fourth-order valence-electron chi connectivity index (χ4n) is 14.5. The van der Waals surface area contributed by atoms with Crippen LogP contribution in [-0.4, -0.2) is 58.6 Å². The second kappa shape index (κ2) is 47.2. The number of allylic oxidation sites excluding steroid dienone is 5. The molecule has 4 saturated carbocycles. The van der Waals surface area contributed by atoms with E-state index in [0.29, 0.717) is 17.7 Å². The van der Waals surface area contributed by atoms with Gasteiger partial charge in [-0.1, -0.05) is 153 Å². The van der Waals surface area contributed by atoms with Crippen LogP contribution in [-0.2, 0) is 103 Å². The van der Waals surface area contributed by atoms with Gasteiger partial charge in [-0.25, -0.2) is 0 Å². The van der Waals surface area contributed by atoms with Gasteiger partial charge >= 0.3 is 6.18 Å². The molecule has 1 unspecified atom stereocenters. The Kier molecular flexibility index (Phi) is 40.6. The molecule has 1 atom stereocenters. The van der Waals surface area contributed by atoms with E-state index in [1.54, 1.807) is 24.4 Å². The van der Waals surface area contributed by atoms with Gasteiger partial charge in [0.15, 0.2) is 11.6 Å². The maximum absolute atomic E-state index is 13.6. The minimum atomic E-state index is -4.72. The number of nitrogens with zero attached hydrogens (tertiary/aromatic N) is 5. The largest absolute Gasteiger partial charge is 0.697 e. The van der Waals surface area contributed by atoms with E-state index in [9.17, 15) is 31.5 Å². The molecule has 5 heterocycles. The number of fused-ring (bicyclic) bond motifs is 2. The number of benzene rings is 6. The average Bonchev–Trinajstić information content (AvgIpc) is 0.755. The fourth-order valence-corrected chi connectivity index (χ4v) is 14.5. The number of aliphatic hydroxyl groups is 2. The van der Waals surface area contributed by atoms with Gasteiger partial charge in [-0.15, -0.1) is 125 Å². The van der Waals surface area contributed by atoms with E-state index < -0.39 is 29.2 Å². The number of rotatable bonds is 13. The number of carbonyl (C=O) groups is 2. The number of hydrogen-bond donors (Lipinski definition) is 3. The molecule has 4 N–H and O–H groups in total. The zero-order valence-electron chi connectivity index (χ0n) is 67.6. The number of halogens is 5. The molecule has 4 aliphatic rings. The monoisotopic (exact) mass is 2280 g/mol. The quantitative estimate of drug-likeness (QED) is 0.0332. The van der Waals surface area contributed by atoms with Crippen LogP contribution in [0.4, 0.5) is 22.0 Å². The molecule has 620 valence electrons. The maximum Gasteiger partial charge on any atom is 0.432 e. The predicted octanol–water partition coefficient (Wildman–Crippen LogP) is 25.4. The SMILES string of the molecule is CC(=O)C=C(C)O.CC(=O)C=C(C)O.CC(C)(C)Cc1cc(-c2[c-]cccc2)nc2ccccc12.CC(C)(C)Cc1cnc(-c2[c-]cccc2)c2ccccc12.CCC(C)c1ccc(-c2[c-]cc(F)cc2F)nc1.Cc1cc[c-]c(-c2ccc(C3C4CC5CC(C4)CC3C5)cn2)c1.N=C(/C=C(\[NH-])c1ccccn1)C(F)(F)F.[Ir].[Ir].[Ir].[Ir]. The van der Waals surface area contributed by atoms with Gasteiger partial charge in [-0.3, -0.25) is 33.7 Å². The Hall–Kier alpha value is -8.53. The Bertz CT molecular complexity index is 4970. The van der Waals surface area contributed by atoms with Crippen molar-refractivity contribution in [3.8, 4) is 45.0 Å². The summed E-state index contributed by atoms with van der Waals surface area (Å²) in [5.74, 6) is 3.77. The van der Waals surface area contributed by atoms with Crippen molar-refractivity contribution < 1.29 is 122 Å². The van der Waals surface area contributed by atoms with Crippen LogP contribution in [0.1, 0.15) is 167 Å². The molecule has 20 heteroatoms. The molecule has 0 saturated heterocycles. The van der Waals surface area contributed by atoms with Crippen molar-refractivity contribution in [2.45, 2.75) is 159 Å². The van der Waals surface area contributed by atoms with Gasteiger partial charge < -0.3 is 30.9 Å². The normalized spacial score (nSPS) is 16.1. The van der Waals surface area contributed by atoms with Gasteiger partial charge in [0.25, 0.3) is 0 Å². The van der Waals surface area contributed by atoms with Crippen molar-refractivity contribution >= 4 is 44.7 Å². The third kappa shape index (κ3) is 31.4. The Balaban J connectivity index is 0.000000292. The van der Waals surface area contributed by atoms with Crippen LogP contribution >= 0.6 is 0 Å². The van der Waals surface area contributed by atoms with Gasteiger partial charge in [0.05, 0.1) is 17.0 Å². The van der Waals surface area contributed by atoms with Gasteiger partial charge in [0, 0.05) is 140 Å². The molecule has 4 fully saturated rings. The molecule has 6 aromatic carbocycles. The summed E-state index contributed by atoms with van der Waals surface area (Å²) in [5, 5.41) is 27.2. The number of hydrogen-bond acceptors (Lipinski definition) is 10. The van der Waals surface area contributed by atoms with E-state index in [1.807, 2.05) is 54.7 Å². The smallest absolute Gasteiger partial charge is 0.432 e. The summed E-state index contributed by atoms with van der Waals surface area (Å²) in [6.45, 7) is 25.7. The zero-order chi connectivity index (χ0) is 81.5. The first kappa shape index (κ1) is 99.8. The molecule has 0 amide bonds. The third-order valence-corrected chi connectivity index (χ3v) is 19.1. The van der Waals surface area contributed by atoms with E-state index in [-0.39, 0.29) is 126 Å². The van der Waals surface area contributed by atoms with Gasteiger partial charge in [-0.2, -0.15) is 13.2 Å². The number of carbonyl (C=O) groups excluding carboxylic acids is 2. The van der Waals surface area contributed by atoms with Crippen LogP contribution in [0.3, 0.4) is 0 Å². The third-order valence-electron chi connectivity index (χ3n) is 19.1. The van der Waals surface area contributed by atoms with Crippen molar-refractivity contribution in [2.75, 3.05) is 0 Å². The molecule has 4 radical (unpaired) electrons. The van der Waals surface area contributed by atoms with Crippen molar-refractivity contribution in [1.29, 1.82) is 5.41 Å². The van der Waals surface area contributed by atoms with Crippen LogP contribution in [0.2, 0.25) is 0 Å². The fraction of sp³-hybridized carbons (Fsp3) is 0.312. The number of alkyl halides is 3. The van der Waals surface area contributed by atoms with E-state index in [1.165, 1.54) is 123 Å². The van der Waals surface area contributed by atoms with Crippen molar-refractivity contribution in [1.82, 2.24) is 24.9 Å². The first-order chi connectivity index (χ1) is 53.1. The van der Waals surface area contributed by atoms with Crippen LogP contribution in [0.5, 0.6) is 0 Å². The van der Waals surface area contributed by atoms with Crippen molar-refractivity contribution in [2.24, 2.45) is 34.5 Å². The van der Waals surface area contributed by atoms with Crippen LogP contribution in [0, 0.1) is 82.7 Å². The summed E-state index contributed by atoms with van der Waals surface area (Å²) >= 11 is 0. The Morgan fingerprint density at radius 3 is 1.60 bits per heavy atom. The molecular formula is C96H101F5Ir4N7O4-5. The minimum Gasteiger partial charge on any atom is -0.697 e. The number of ketones is 2. The number of nitrogens with one attached hydrogen (secondary N) is 2.